The number of nitrogens with one attached hydrogen (secondary N) is 1. The number of halogens is 3. The van der Waals surface area contributed by atoms with E-state index in [2.05, 4.69) is 10.3 Å². The summed E-state index contributed by atoms with van der Waals surface area (Å²) in [6, 6.07) is 10.1. The largest absolute Gasteiger partial charge is 0.416 e. The van der Waals surface area contributed by atoms with Crippen molar-refractivity contribution in [3.05, 3.63) is 59.3 Å². The second-order valence-corrected chi connectivity index (χ2v) is 4.06. The summed E-state index contributed by atoms with van der Waals surface area (Å²) in [6.45, 7) is 0.295. The van der Waals surface area contributed by atoms with E-state index in [1.165, 1.54) is 18.3 Å². The van der Waals surface area contributed by atoms with Gasteiger partial charge < -0.3 is 5.32 Å². The first-order chi connectivity index (χ1) is 9.50. The van der Waals surface area contributed by atoms with Crippen LogP contribution in [0, 0.1) is 11.3 Å². The molecule has 1 aromatic heterocycles. The number of aromatic nitrogens is 1. The van der Waals surface area contributed by atoms with Gasteiger partial charge in [-0.2, -0.15) is 18.4 Å². The first-order valence-corrected chi connectivity index (χ1v) is 5.76. The first-order valence-electron chi connectivity index (χ1n) is 5.76. The number of anilines is 1. The molecule has 0 aliphatic carbocycles. The van der Waals surface area contributed by atoms with Gasteiger partial charge in [0.25, 0.3) is 0 Å². The Balaban J connectivity index is 2.07. The summed E-state index contributed by atoms with van der Waals surface area (Å²) >= 11 is 0. The summed E-state index contributed by atoms with van der Waals surface area (Å²) in [5.74, 6) is 0.412. The Hall–Kier alpha value is -2.55. The lowest BCUT2D eigenvalue weighted by Crippen LogP contribution is -2.06. The van der Waals surface area contributed by atoms with E-state index in [0.29, 0.717) is 23.5 Å². The molecule has 0 atom stereocenters. The summed E-state index contributed by atoms with van der Waals surface area (Å²) in [6.07, 6.45) is -2.79. The van der Waals surface area contributed by atoms with E-state index in [9.17, 15) is 13.2 Å². The van der Waals surface area contributed by atoms with E-state index in [1.807, 2.05) is 6.07 Å². The molecule has 2 aromatic rings. The van der Waals surface area contributed by atoms with Crippen molar-refractivity contribution < 1.29 is 13.2 Å². The number of nitriles is 1. The monoisotopic (exact) mass is 277 g/mol. The number of hydrogen-bond acceptors (Lipinski definition) is 3. The Morgan fingerprint density at radius 2 is 1.85 bits per heavy atom. The molecule has 0 aliphatic heterocycles. The van der Waals surface area contributed by atoms with Crippen molar-refractivity contribution in [3.63, 3.8) is 0 Å². The SMILES string of the molecule is N#Cc1cccnc1NCc1ccc(C(F)(F)F)cc1. The normalized spacial score (nSPS) is 10.9. The Labute approximate surface area is 113 Å². The molecule has 0 fully saturated rings. The summed E-state index contributed by atoms with van der Waals surface area (Å²) in [5, 5.41) is 11.8. The van der Waals surface area contributed by atoms with Crippen LogP contribution in [0.2, 0.25) is 0 Å². The lowest BCUT2D eigenvalue weighted by molar-refractivity contribution is -0.137. The minimum absolute atomic E-state index is 0.295. The molecule has 0 bridgehead atoms. The number of hydrogen-bond donors (Lipinski definition) is 1. The van der Waals surface area contributed by atoms with E-state index in [1.54, 1.807) is 12.1 Å². The van der Waals surface area contributed by atoms with Gasteiger partial charge in [-0.25, -0.2) is 4.98 Å². The van der Waals surface area contributed by atoms with Crippen LogP contribution in [0.5, 0.6) is 0 Å². The zero-order valence-electron chi connectivity index (χ0n) is 10.3. The third kappa shape index (κ3) is 3.26. The highest BCUT2D eigenvalue weighted by Crippen LogP contribution is 2.29. The van der Waals surface area contributed by atoms with Crippen molar-refractivity contribution in [1.82, 2.24) is 4.98 Å². The van der Waals surface area contributed by atoms with Crippen LogP contribution in [-0.4, -0.2) is 4.98 Å². The Kier molecular flexibility index (Phi) is 3.89. The molecule has 0 amide bonds. The molecule has 0 radical (unpaired) electrons. The lowest BCUT2D eigenvalue weighted by atomic mass is 10.1. The van der Waals surface area contributed by atoms with E-state index in [-0.39, 0.29) is 0 Å². The molecule has 1 N–H and O–H groups in total. The van der Waals surface area contributed by atoms with Crippen molar-refractivity contribution in [2.45, 2.75) is 12.7 Å². The van der Waals surface area contributed by atoms with Crippen molar-refractivity contribution >= 4 is 5.82 Å². The number of nitrogens with zero attached hydrogens (tertiary/aromatic N) is 2. The van der Waals surface area contributed by atoms with Crippen molar-refractivity contribution in [2.75, 3.05) is 5.32 Å². The van der Waals surface area contributed by atoms with Crippen molar-refractivity contribution in [3.8, 4) is 6.07 Å². The minimum Gasteiger partial charge on any atom is -0.365 e. The highest BCUT2D eigenvalue weighted by Gasteiger charge is 2.29. The molecular weight excluding hydrogens is 267 g/mol. The highest BCUT2D eigenvalue weighted by atomic mass is 19.4. The Bertz CT molecular complexity index is 627. The molecule has 102 valence electrons. The number of alkyl halides is 3. The quantitative estimate of drug-likeness (QED) is 0.932. The summed E-state index contributed by atoms with van der Waals surface area (Å²) < 4.78 is 37.2. The zero-order valence-corrected chi connectivity index (χ0v) is 10.3. The first kappa shape index (κ1) is 13.9. The molecule has 6 heteroatoms. The molecule has 1 heterocycles. The number of benzene rings is 1. The fraction of sp³-hybridized carbons (Fsp3) is 0.143. The van der Waals surface area contributed by atoms with E-state index in [0.717, 1.165) is 12.1 Å². The third-order valence-corrected chi connectivity index (χ3v) is 2.67. The second kappa shape index (κ2) is 5.61. The number of rotatable bonds is 3. The maximum Gasteiger partial charge on any atom is 0.416 e. The van der Waals surface area contributed by atoms with Crippen LogP contribution in [0.3, 0.4) is 0 Å². The van der Waals surface area contributed by atoms with E-state index < -0.39 is 11.7 Å². The average molecular weight is 277 g/mol. The van der Waals surface area contributed by atoms with Crippen molar-refractivity contribution in [1.29, 1.82) is 5.26 Å². The van der Waals surface area contributed by atoms with Crippen LogP contribution >= 0.6 is 0 Å². The van der Waals surface area contributed by atoms with Gasteiger partial charge in [-0.3, -0.25) is 0 Å². The predicted molar refractivity (Wildman–Crippen MR) is 67.7 cm³/mol. The van der Waals surface area contributed by atoms with Crippen LogP contribution in [0.4, 0.5) is 19.0 Å². The molecule has 2 rings (SSSR count). The molecule has 20 heavy (non-hydrogen) atoms. The van der Waals surface area contributed by atoms with Gasteiger partial charge in [0.15, 0.2) is 0 Å². The summed E-state index contributed by atoms with van der Waals surface area (Å²) in [5.41, 5.74) is 0.378. The van der Waals surface area contributed by atoms with E-state index in [4.69, 9.17) is 5.26 Å². The van der Waals surface area contributed by atoms with E-state index >= 15 is 0 Å². The Morgan fingerprint density at radius 3 is 2.45 bits per heavy atom. The zero-order chi connectivity index (χ0) is 14.6. The van der Waals surface area contributed by atoms with Gasteiger partial charge in [0.05, 0.1) is 11.1 Å². The number of pyridine rings is 1. The third-order valence-electron chi connectivity index (χ3n) is 2.67. The van der Waals surface area contributed by atoms with Gasteiger partial charge in [-0.1, -0.05) is 12.1 Å². The minimum atomic E-state index is -4.33. The molecule has 3 nitrogen and oxygen atoms in total. The molecule has 0 saturated carbocycles. The van der Waals surface area contributed by atoms with Gasteiger partial charge in [0, 0.05) is 12.7 Å². The van der Waals surface area contributed by atoms with Crippen LogP contribution < -0.4 is 5.32 Å². The molecule has 0 aliphatic rings. The molecule has 1 aromatic carbocycles. The summed E-state index contributed by atoms with van der Waals surface area (Å²) in [7, 11) is 0. The molecular formula is C14H10F3N3. The van der Waals surface area contributed by atoms with Crippen LogP contribution in [0.15, 0.2) is 42.6 Å². The smallest absolute Gasteiger partial charge is 0.365 e. The van der Waals surface area contributed by atoms with Gasteiger partial charge in [-0.05, 0) is 29.8 Å². The standard InChI is InChI=1S/C14H10F3N3/c15-14(16,17)12-5-3-10(4-6-12)9-20-13-11(8-18)2-1-7-19-13/h1-7H,9H2,(H,19,20). The molecule has 0 saturated heterocycles. The van der Waals surface area contributed by atoms with Gasteiger partial charge in [0.1, 0.15) is 11.9 Å². The van der Waals surface area contributed by atoms with Crippen LogP contribution in [0.25, 0.3) is 0 Å². The maximum atomic E-state index is 12.4. The van der Waals surface area contributed by atoms with Crippen LogP contribution in [-0.2, 0) is 12.7 Å². The average Bonchev–Trinajstić information content (AvgIpc) is 2.45. The maximum absolute atomic E-state index is 12.4. The van der Waals surface area contributed by atoms with Crippen LogP contribution in [0.1, 0.15) is 16.7 Å². The topological polar surface area (TPSA) is 48.7 Å². The highest BCUT2D eigenvalue weighted by molar-refractivity contribution is 5.51. The summed E-state index contributed by atoms with van der Waals surface area (Å²) in [4.78, 5) is 4.01. The van der Waals surface area contributed by atoms with Gasteiger partial charge >= 0.3 is 6.18 Å². The lowest BCUT2D eigenvalue weighted by Gasteiger charge is -2.09. The second-order valence-electron chi connectivity index (χ2n) is 4.06. The fourth-order valence-corrected chi connectivity index (χ4v) is 1.63. The fourth-order valence-electron chi connectivity index (χ4n) is 1.63. The van der Waals surface area contributed by atoms with Gasteiger partial charge in [-0.15, -0.1) is 0 Å². The van der Waals surface area contributed by atoms with Gasteiger partial charge in [0.2, 0.25) is 0 Å². The van der Waals surface area contributed by atoms with Crippen molar-refractivity contribution in [2.24, 2.45) is 0 Å². The molecule has 0 spiro atoms. The Morgan fingerprint density at radius 1 is 1.15 bits per heavy atom. The molecule has 0 unspecified atom stereocenters. The predicted octanol–water partition coefficient (Wildman–Crippen LogP) is 3.58.